The monoisotopic (exact) mass is 319 g/mol. The Hall–Kier alpha value is -2.53. The zero-order valence-corrected chi connectivity index (χ0v) is 12.6. The fourth-order valence-electron chi connectivity index (χ4n) is 1.78. The van der Waals surface area contributed by atoms with Crippen LogP contribution in [0.1, 0.15) is 15.9 Å². The molecule has 1 amide bonds. The van der Waals surface area contributed by atoms with Gasteiger partial charge in [0.05, 0.1) is 0 Å². The molecule has 114 valence electrons. The first-order valence-corrected chi connectivity index (χ1v) is 6.86. The van der Waals surface area contributed by atoms with Gasteiger partial charge in [-0.25, -0.2) is 4.79 Å². The number of aliphatic carboxylic acids is 1. The van der Waals surface area contributed by atoms with Gasteiger partial charge in [0, 0.05) is 16.3 Å². The van der Waals surface area contributed by atoms with Gasteiger partial charge in [0.1, 0.15) is 5.75 Å². The smallest absolute Gasteiger partial charge is 0.341 e. The molecule has 0 atom stereocenters. The summed E-state index contributed by atoms with van der Waals surface area (Å²) >= 11 is 6.01. The minimum Gasteiger partial charge on any atom is -0.482 e. The minimum absolute atomic E-state index is 0.282. The lowest BCUT2D eigenvalue weighted by Gasteiger charge is -2.10. The van der Waals surface area contributed by atoms with Gasteiger partial charge in [0.15, 0.2) is 6.61 Å². The van der Waals surface area contributed by atoms with Crippen molar-refractivity contribution >= 4 is 29.2 Å². The molecule has 0 radical (unpaired) electrons. The number of hydrogen-bond acceptors (Lipinski definition) is 3. The number of hydrogen-bond donors (Lipinski definition) is 2. The van der Waals surface area contributed by atoms with E-state index in [1.54, 1.807) is 42.5 Å². The number of halogens is 1. The number of carboxylic acid groups (broad SMARTS) is 1. The van der Waals surface area contributed by atoms with Crippen molar-refractivity contribution in [3.63, 3.8) is 0 Å². The summed E-state index contributed by atoms with van der Waals surface area (Å²) < 4.78 is 5.01. The Labute approximate surface area is 132 Å². The van der Waals surface area contributed by atoms with E-state index in [9.17, 15) is 9.59 Å². The van der Waals surface area contributed by atoms with Crippen molar-refractivity contribution in [2.24, 2.45) is 0 Å². The van der Waals surface area contributed by atoms with E-state index in [2.05, 4.69) is 5.32 Å². The van der Waals surface area contributed by atoms with Gasteiger partial charge < -0.3 is 15.2 Å². The topological polar surface area (TPSA) is 75.6 Å². The molecule has 22 heavy (non-hydrogen) atoms. The number of anilines is 1. The maximum atomic E-state index is 12.2. The second-order valence-electron chi connectivity index (χ2n) is 4.57. The molecule has 0 fully saturated rings. The third-order valence-electron chi connectivity index (χ3n) is 2.99. The molecule has 2 N–H and O–H groups in total. The number of carboxylic acids is 1. The summed E-state index contributed by atoms with van der Waals surface area (Å²) in [5.74, 6) is -0.953. The quantitative estimate of drug-likeness (QED) is 0.886. The first kappa shape index (κ1) is 15.9. The van der Waals surface area contributed by atoms with Gasteiger partial charge in [-0.1, -0.05) is 17.7 Å². The number of benzene rings is 2. The average Bonchev–Trinajstić information content (AvgIpc) is 2.50. The van der Waals surface area contributed by atoms with E-state index in [4.69, 9.17) is 21.4 Å². The van der Waals surface area contributed by atoms with E-state index in [1.165, 1.54) is 0 Å². The standard InChI is InChI=1S/C16H14ClNO4/c1-10-13(17)3-2-4-14(10)18-16(21)11-5-7-12(8-6-11)22-9-15(19)20/h2-8H,9H2,1H3,(H,18,21)(H,19,20). The molecule has 0 spiro atoms. The molecule has 0 saturated heterocycles. The Kier molecular flexibility index (Phi) is 5.01. The summed E-state index contributed by atoms with van der Waals surface area (Å²) in [4.78, 5) is 22.6. The first-order valence-electron chi connectivity index (χ1n) is 6.48. The Bertz CT molecular complexity index is 698. The summed E-state index contributed by atoms with van der Waals surface area (Å²) in [6.07, 6.45) is 0. The van der Waals surface area contributed by atoms with Crippen molar-refractivity contribution in [2.75, 3.05) is 11.9 Å². The van der Waals surface area contributed by atoms with Crippen LogP contribution in [-0.4, -0.2) is 23.6 Å². The summed E-state index contributed by atoms with van der Waals surface area (Å²) in [5, 5.41) is 11.9. The van der Waals surface area contributed by atoms with Crippen LogP contribution in [0, 0.1) is 6.92 Å². The van der Waals surface area contributed by atoms with E-state index >= 15 is 0 Å². The van der Waals surface area contributed by atoms with Gasteiger partial charge in [-0.2, -0.15) is 0 Å². The molecular weight excluding hydrogens is 306 g/mol. The van der Waals surface area contributed by atoms with E-state index < -0.39 is 12.6 Å². The zero-order valence-electron chi connectivity index (χ0n) is 11.8. The van der Waals surface area contributed by atoms with Crippen molar-refractivity contribution in [3.8, 4) is 5.75 Å². The SMILES string of the molecule is Cc1c(Cl)cccc1NC(=O)c1ccc(OCC(=O)O)cc1. The van der Waals surface area contributed by atoms with Gasteiger partial charge in [-0.15, -0.1) is 0 Å². The predicted octanol–water partition coefficient (Wildman–Crippen LogP) is 3.36. The molecule has 0 bridgehead atoms. The van der Waals surface area contributed by atoms with Crippen molar-refractivity contribution in [2.45, 2.75) is 6.92 Å². The average molecular weight is 320 g/mol. The molecule has 0 aliphatic heterocycles. The van der Waals surface area contributed by atoms with E-state index in [1.807, 2.05) is 6.92 Å². The second-order valence-corrected chi connectivity index (χ2v) is 4.98. The van der Waals surface area contributed by atoms with Crippen molar-refractivity contribution < 1.29 is 19.4 Å². The third-order valence-corrected chi connectivity index (χ3v) is 3.40. The molecule has 2 rings (SSSR count). The Balaban J connectivity index is 2.06. The van der Waals surface area contributed by atoms with Crippen LogP contribution in [0.4, 0.5) is 5.69 Å². The van der Waals surface area contributed by atoms with E-state index in [-0.39, 0.29) is 5.91 Å². The highest BCUT2D eigenvalue weighted by Gasteiger charge is 2.09. The lowest BCUT2D eigenvalue weighted by molar-refractivity contribution is -0.139. The Morgan fingerprint density at radius 1 is 1.18 bits per heavy atom. The largest absolute Gasteiger partial charge is 0.482 e. The maximum absolute atomic E-state index is 12.2. The predicted molar refractivity (Wildman–Crippen MR) is 83.7 cm³/mol. The molecule has 0 heterocycles. The van der Waals surface area contributed by atoms with Gasteiger partial charge >= 0.3 is 5.97 Å². The van der Waals surface area contributed by atoms with Gasteiger partial charge in [-0.3, -0.25) is 4.79 Å². The lowest BCUT2D eigenvalue weighted by Crippen LogP contribution is -2.13. The summed E-state index contributed by atoms with van der Waals surface area (Å²) in [7, 11) is 0. The minimum atomic E-state index is -1.06. The normalized spacial score (nSPS) is 10.1. The summed E-state index contributed by atoms with van der Waals surface area (Å²) in [6.45, 7) is 1.40. The van der Waals surface area contributed by atoms with Crippen molar-refractivity contribution in [3.05, 3.63) is 58.6 Å². The molecule has 0 aliphatic carbocycles. The number of rotatable bonds is 5. The molecule has 2 aromatic rings. The van der Waals surface area contributed by atoms with Crippen LogP contribution in [0.25, 0.3) is 0 Å². The molecule has 5 nitrogen and oxygen atoms in total. The molecule has 0 unspecified atom stereocenters. The van der Waals surface area contributed by atoms with Gasteiger partial charge in [0.25, 0.3) is 5.91 Å². The highest BCUT2D eigenvalue weighted by atomic mass is 35.5. The summed E-state index contributed by atoms with van der Waals surface area (Å²) in [6, 6.07) is 11.5. The zero-order chi connectivity index (χ0) is 16.1. The van der Waals surface area contributed by atoms with Crippen molar-refractivity contribution in [1.82, 2.24) is 0 Å². The highest BCUT2D eigenvalue weighted by Crippen LogP contribution is 2.23. The van der Waals surface area contributed by atoms with Crippen LogP contribution < -0.4 is 10.1 Å². The van der Waals surface area contributed by atoms with Gasteiger partial charge in [0.2, 0.25) is 0 Å². The Morgan fingerprint density at radius 2 is 1.86 bits per heavy atom. The molecular formula is C16H14ClNO4. The second kappa shape index (κ2) is 6.95. The molecule has 6 heteroatoms. The fourth-order valence-corrected chi connectivity index (χ4v) is 1.96. The summed E-state index contributed by atoms with van der Waals surface area (Å²) in [5.41, 5.74) is 1.87. The number of amides is 1. The maximum Gasteiger partial charge on any atom is 0.341 e. The first-order chi connectivity index (χ1) is 10.5. The van der Waals surface area contributed by atoms with Crippen LogP contribution in [0.5, 0.6) is 5.75 Å². The molecule has 0 saturated carbocycles. The molecule has 2 aromatic carbocycles. The lowest BCUT2D eigenvalue weighted by atomic mass is 10.1. The van der Waals surface area contributed by atoms with E-state index in [0.29, 0.717) is 22.0 Å². The van der Waals surface area contributed by atoms with Crippen molar-refractivity contribution in [1.29, 1.82) is 0 Å². The number of carbonyl (C=O) groups excluding carboxylic acids is 1. The van der Waals surface area contributed by atoms with Crippen LogP contribution >= 0.6 is 11.6 Å². The molecule has 0 aromatic heterocycles. The highest BCUT2D eigenvalue weighted by molar-refractivity contribution is 6.31. The van der Waals surface area contributed by atoms with Crippen LogP contribution in [0.3, 0.4) is 0 Å². The van der Waals surface area contributed by atoms with E-state index in [0.717, 1.165) is 5.56 Å². The van der Waals surface area contributed by atoms with Crippen LogP contribution in [0.15, 0.2) is 42.5 Å². The Morgan fingerprint density at radius 3 is 2.50 bits per heavy atom. The number of ether oxygens (including phenoxy) is 1. The third kappa shape index (κ3) is 3.99. The van der Waals surface area contributed by atoms with Crippen LogP contribution in [0.2, 0.25) is 5.02 Å². The van der Waals surface area contributed by atoms with Gasteiger partial charge in [-0.05, 0) is 48.9 Å². The van der Waals surface area contributed by atoms with Crippen LogP contribution in [-0.2, 0) is 4.79 Å². The fraction of sp³-hybridized carbons (Fsp3) is 0.125. The number of nitrogens with one attached hydrogen (secondary N) is 1. The molecule has 0 aliphatic rings. The number of carbonyl (C=O) groups is 2.